The van der Waals surface area contributed by atoms with E-state index in [1.165, 1.54) is 29.7 Å². The summed E-state index contributed by atoms with van der Waals surface area (Å²) in [5.74, 6) is -0.315. The van der Waals surface area contributed by atoms with Gasteiger partial charge in [-0.3, -0.25) is 9.52 Å². The van der Waals surface area contributed by atoms with Crippen molar-refractivity contribution >= 4 is 38.1 Å². The van der Waals surface area contributed by atoms with Crippen LogP contribution in [-0.4, -0.2) is 45.1 Å². The minimum atomic E-state index is -3.76. The van der Waals surface area contributed by atoms with Crippen LogP contribution in [0, 0.1) is 0 Å². The average Bonchev–Trinajstić information content (AvgIpc) is 3.08. The van der Waals surface area contributed by atoms with E-state index >= 15 is 0 Å². The molecule has 1 unspecified atom stereocenters. The van der Waals surface area contributed by atoms with E-state index in [4.69, 9.17) is 4.74 Å². The lowest BCUT2D eigenvalue weighted by Gasteiger charge is -2.22. The summed E-state index contributed by atoms with van der Waals surface area (Å²) in [6.45, 7) is 1.60. The number of hydrogen-bond acceptors (Lipinski definition) is 7. The third-order valence-corrected chi connectivity index (χ3v) is 5.44. The molecule has 1 aromatic heterocycles. The Kier molecular flexibility index (Phi) is 5.09. The molecule has 0 saturated carbocycles. The summed E-state index contributed by atoms with van der Waals surface area (Å²) in [7, 11) is -3.76. The summed E-state index contributed by atoms with van der Waals surface area (Å²) in [6.07, 6.45) is 0.921. The highest BCUT2D eigenvalue weighted by atomic mass is 32.2. The number of carbonyl (C=O) groups is 1. The molecule has 1 aliphatic rings. The molecule has 1 atom stereocenters. The molecule has 128 valence electrons. The van der Waals surface area contributed by atoms with Crippen molar-refractivity contribution < 1.29 is 17.9 Å². The van der Waals surface area contributed by atoms with Crippen LogP contribution in [0.2, 0.25) is 0 Å². The van der Waals surface area contributed by atoms with Crippen LogP contribution >= 0.6 is 11.3 Å². The molecular formula is C14H16N4O4S2. The van der Waals surface area contributed by atoms with Crippen molar-refractivity contribution in [2.45, 2.75) is 11.0 Å². The van der Waals surface area contributed by atoms with Gasteiger partial charge in [-0.25, -0.2) is 13.4 Å². The maximum Gasteiger partial charge on any atom is 0.263 e. The van der Waals surface area contributed by atoms with Crippen LogP contribution in [0.3, 0.4) is 0 Å². The molecule has 8 nitrogen and oxygen atoms in total. The predicted octanol–water partition coefficient (Wildman–Crippen LogP) is 0.871. The van der Waals surface area contributed by atoms with Gasteiger partial charge in [0.25, 0.3) is 15.9 Å². The first-order valence-electron chi connectivity index (χ1n) is 7.20. The van der Waals surface area contributed by atoms with Crippen molar-refractivity contribution in [1.29, 1.82) is 0 Å². The zero-order valence-electron chi connectivity index (χ0n) is 12.6. The van der Waals surface area contributed by atoms with E-state index < -0.39 is 16.1 Å². The number of morpholine rings is 1. The van der Waals surface area contributed by atoms with Crippen molar-refractivity contribution in [3.63, 3.8) is 0 Å². The Morgan fingerprint density at radius 3 is 3.00 bits per heavy atom. The molecule has 0 aliphatic carbocycles. The third-order valence-electron chi connectivity index (χ3n) is 3.29. The Labute approximate surface area is 143 Å². The lowest BCUT2D eigenvalue weighted by molar-refractivity contribution is -0.128. The normalized spacial score (nSPS) is 18.1. The van der Waals surface area contributed by atoms with E-state index in [1.807, 2.05) is 0 Å². The first-order valence-corrected chi connectivity index (χ1v) is 9.56. The molecule has 1 fully saturated rings. The van der Waals surface area contributed by atoms with Crippen LogP contribution in [-0.2, 0) is 19.6 Å². The zero-order chi connectivity index (χ0) is 17.0. The summed E-state index contributed by atoms with van der Waals surface area (Å²) < 4.78 is 32.5. The van der Waals surface area contributed by atoms with Gasteiger partial charge in [0, 0.05) is 30.4 Å². The van der Waals surface area contributed by atoms with Crippen LogP contribution in [0.5, 0.6) is 0 Å². The molecule has 24 heavy (non-hydrogen) atoms. The number of nitrogens with one attached hydrogen (secondary N) is 3. The molecule has 1 amide bonds. The number of sulfonamides is 1. The molecule has 0 bridgehead atoms. The van der Waals surface area contributed by atoms with Gasteiger partial charge in [0.1, 0.15) is 6.10 Å². The summed E-state index contributed by atoms with van der Waals surface area (Å²) in [5, 5.41) is 7.69. The SMILES string of the molecule is O=C(Nc1cccc(S(=O)(=O)Nc2nccs2)c1)C1CNCCO1. The van der Waals surface area contributed by atoms with Crippen molar-refractivity contribution in [3.8, 4) is 0 Å². The Hall–Kier alpha value is -2.01. The van der Waals surface area contributed by atoms with Gasteiger partial charge in [-0.2, -0.15) is 0 Å². The first-order chi connectivity index (χ1) is 11.5. The van der Waals surface area contributed by atoms with Gasteiger partial charge in [-0.05, 0) is 18.2 Å². The number of nitrogens with zero attached hydrogens (tertiary/aromatic N) is 1. The van der Waals surface area contributed by atoms with E-state index in [1.54, 1.807) is 17.5 Å². The second-order valence-corrected chi connectivity index (χ2v) is 7.60. The molecule has 1 aromatic carbocycles. The number of thiazole rings is 1. The van der Waals surface area contributed by atoms with Crippen LogP contribution in [0.4, 0.5) is 10.8 Å². The van der Waals surface area contributed by atoms with Gasteiger partial charge >= 0.3 is 0 Å². The highest BCUT2D eigenvalue weighted by molar-refractivity contribution is 7.93. The van der Waals surface area contributed by atoms with Gasteiger partial charge < -0.3 is 15.4 Å². The van der Waals surface area contributed by atoms with Crippen LogP contribution in [0.1, 0.15) is 0 Å². The van der Waals surface area contributed by atoms with E-state index in [-0.39, 0.29) is 15.9 Å². The average molecular weight is 368 g/mol. The standard InChI is InChI=1S/C14H16N4O4S2/c19-13(12-9-15-4-6-22-12)17-10-2-1-3-11(8-10)24(20,21)18-14-16-5-7-23-14/h1-3,5,7-8,12,15H,4,6,9H2,(H,16,18)(H,17,19). The maximum atomic E-state index is 12.3. The van der Waals surface area contributed by atoms with Gasteiger partial charge in [-0.15, -0.1) is 11.3 Å². The molecule has 0 radical (unpaired) electrons. The van der Waals surface area contributed by atoms with Crippen LogP contribution in [0.15, 0.2) is 40.7 Å². The minimum Gasteiger partial charge on any atom is -0.366 e. The number of rotatable bonds is 5. The summed E-state index contributed by atoms with van der Waals surface area (Å²) in [5.41, 5.74) is 0.385. The van der Waals surface area contributed by atoms with Gasteiger partial charge in [0.2, 0.25) is 0 Å². The number of ether oxygens (including phenoxy) is 1. The molecule has 2 aromatic rings. The molecule has 0 spiro atoms. The molecular weight excluding hydrogens is 352 g/mol. The Morgan fingerprint density at radius 1 is 1.42 bits per heavy atom. The fourth-order valence-corrected chi connectivity index (χ4v) is 3.98. The number of anilines is 2. The first kappa shape index (κ1) is 16.8. The fraction of sp³-hybridized carbons (Fsp3) is 0.286. The fourth-order valence-electron chi connectivity index (χ4n) is 2.15. The molecule has 1 aliphatic heterocycles. The highest BCUT2D eigenvalue weighted by Crippen LogP contribution is 2.20. The molecule has 10 heteroatoms. The summed E-state index contributed by atoms with van der Waals surface area (Å²) in [6, 6.07) is 6.02. The number of hydrogen-bond donors (Lipinski definition) is 3. The van der Waals surface area contributed by atoms with Gasteiger partial charge in [0.05, 0.1) is 11.5 Å². The smallest absolute Gasteiger partial charge is 0.263 e. The predicted molar refractivity (Wildman–Crippen MR) is 90.6 cm³/mol. The lowest BCUT2D eigenvalue weighted by atomic mass is 10.2. The molecule has 1 saturated heterocycles. The van der Waals surface area contributed by atoms with Crippen molar-refractivity contribution in [3.05, 3.63) is 35.8 Å². The molecule has 2 heterocycles. The van der Waals surface area contributed by atoms with Crippen molar-refractivity contribution in [2.75, 3.05) is 29.7 Å². The van der Waals surface area contributed by atoms with Gasteiger partial charge in [-0.1, -0.05) is 6.07 Å². The maximum absolute atomic E-state index is 12.3. The van der Waals surface area contributed by atoms with Crippen molar-refractivity contribution in [2.24, 2.45) is 0 Å². The van der Waals surface area contributed by atoms with Crippen LogP contribution in [0.25, 0.3) is 0 Å². The van der Waals surface area contributed by atoms with E-state index in [2.05, 4.69) is 20.3 Å². The van der Waals surface area contributed by atoms with Crippen LogP contribution < -0.4 is 15.4 Å². The Morgan fingerprint density at radius 2 is 2.29 bits per heavy atom. The summed E-state index contributed by atoms with van der Waals surface area (Å²) >= 11 is 1.18. The lowest BCUT2D eigenvalue weighted by Crippen LogP contribution is -2.45. The number of benzene rings is 1. The zero-order valence-corrected chi connectivity index (χ0v) is 14.2. The second kappa shape index (κ2) is 7.26. The largest absolute Gasteiger partial charge is 0.366 e. The summed E-state index contributed by atoms with van der Waals surface area (Å²) in [4.78, 5) is 16.1. The third kappa shape index (κ3) is 4.09. The van der Waals surface area contributed by atoms with E-state index in [0.29, 0.717) is 25.4 Å². The number of carbonyl (C=O) groups excluding carboxylic acids is 1. The number of aromatic nitrogens is 1. The Balaban J connectivity index is 1.72. The number of amides is 1. The molecule has 3 rings (SSSR count). The minimum absolute atomic E-state index is 0.0400. The Bertz CT molecular complexity index is 802. The highest BCUT2D eigenvalue weighted by Gasteiger charge is 2.22. The van der Waals surface area contributed by atoms with E-state index in [0.717, 1.165) is 0 Å². The second-order valence-electron chi connectivity index (χ2n) is 5.02. The topological polar surface area (TPSA) is 109 Å². The van der Waals surface area contributed by atoms with E-state index in [9.17, 15) is 13.2 Å². The van der Waals surface area contributed by atoms with Gasteiger partial charge in [0.15, 0.2) is 5.13 Å². The molecule has 3 N–H and O–H groups in total. The van der Waals surface area contributed by atoms with Crippen molar-refractivity contribution in [1.82, 2.24) is 10.3 Å². The quantitative estimate of drug-likeness (QED) is 0.722. The monoisotopic (exact) mass is 368 g/mol.